The SMILES string of the molecule is CC[C@H](C(=O)NCc1ccc2[nH]c(C)c(C)c2c1)N1CCCC1. The third kappa shape index (κ3) is 3.27. The minimum atomic E-state index is 0.0254. The number of nitrogens with one attached hydrogen (secondary N) is 2. The van der Waals surface area contributed by atoms with E-state index in [0.717, 1.165) is 25.1 Å². The molecule has 0 saturated carbocycles. The van der Waals surface area contributed by atoms with E-state index in [4.69, 9.17) is 0 Å². The number of hydrogen-bond acceptors (Lipinski definition) is 2. The Hall–Kier alpha value is -1.81. The molecule has 2 aromatic rings. The molecule has 0 bridgehead atoms. The predicted molar refractivity (Wildman–Crippen MR) is 94.5 cm³/mol. The Bertz CT molecular complexity index is 698. The molecule has 1 saturated heterocycles. The molecule has 0 unspecified atom stereocenters. The van der Waals surface area contributed by atoms with E-state index in [9.17, 15) is 4.79 Å². The van der Waals surface area contributed by atoms with Gasteiger partial charge in [0, 0.05) is 23.1 Å². The van der Waals surface area contributed by atoms with Gasteiger partial charge in [-0.05, 0) is 69.5 Å². The van der Waals surface area contributed by atoms with E-state index in [-0.39, 0.29) is 11.9 Å². The number of rotatable bonds is 5. The first kappa shape index (κ1) is 16.1. The zero-order valence-corrected chi connectivity index (χ0v) is 14.4. The van der Waals surface area contributed by atoms with Crippen molar-refractivity contribution in [3.63, 3.8) is 0 Å². The molecule has 1 aliphatic rings. The van der Waals surface area contributed by atoms with Crippen LogP contribution in [0.1, 0.15) is 43.0 Å². The fourth-order valence-corrected chi connectivity index (χ4v) is 3.59. The van der Waals surface area contributed by atoms with Crippen molar-refractivity contribution < 1.29 is 4.79 Å². The quantitative estimate of drug-likeness (QED) is 0.890. The second-order valence-electron chi connectivity index (χ2n) is 6.64. The maximum atomic E-state index is 12.5. The smallest absolute Gasteiger partial charge is 0.237 e. The van der Waals surface area contributed by atoms with Crippen molar-refractivity contribution in [3.8, 4) is 0 Å². The van der Waals surface area contributed by atoms with Crippen molar-refractivity contribution in [1.29, 1.82) is 0 Å². The van der Waals surface area contributed by atoms with E-state index in [1.165, 1.54) is 35.0 Å². The van der Waals surface area contributed by atoms with Gasteiger partial charge in [-0.3, -0.25) is 9.69 Å². The van der Waals surface area contributed by atoms with E-state index in [0.29, 0.717) is 6.54 Å². The number of likely N-dealkylation sites (tertiary alicyclic amines) is 1. The van der Waals surface area contributed by atoms with Crippen LogP contribution in [0.5, 0.6) is 0 Å². The number of fused-ring (bicyclic) bond motifs is 1. The number of H-pyrrole nitrogens is 1. The molecule has 0 aliphatic carbocycles. The van der Waals surface area contributed by atoms with E-state index in [1.807, 2.05) is 0 Å². The molecular formula is C19H27N3O. The summed E-state index contributed by atoms with van der Waals surface area (Å²) in [6.07, 6.45) is 3.31. The van der Waals surface area contributed by atoms with Crippen LogP contribution in [-0.4, -0.2) is 34.9 Å². The number of carbonyl (C=O) groups is 1. The maximum absolute atomic E-state index is 12.5. The normalized spacial score (nSPS) is 16.8. The van der Waals surface area contributed by atoms with Gasteiger partial charge in [-0.25, -0.2) is 0 Å². The summed E-state index contributed by atoms with van der Waals surface area (Å²) in [5.74, 6) is 0.163. The van der Waals surface area contributed by atoms with Crippen molar-refractivity contribution >= 4 is 16.8 Å². The second kappa shape index (κ2) is 6.75. The molecule has 4 heteroatoms. The van der Waals surface area contributed by atoms with Gasteiger partial charge in [0.15, 0.2) is 0 Å². The number of carbonyl (C=O) groups excluding carboxylic acids is 1. The molecule has 2 heterocycles. The third-order valence-corrected chi connectivity index (χ3v) is 5.11. The highest BCUT2D eigenvalue weighted by atomic mass is 16.2. The Morgan fingerprint density at radius 3 is 2.74 bits per heavy atom. The average Bonchev–Trinajstić information content (AvgIpc) is 3.16. The van der Waals surface area contributed by atoms with E-state index >= 15 is 0 Å². The summed E-state index contributed by atoms with van der Waals surface area (Å²) < 4.78 is 0. The number of nitrogens with zero attached hydrogens (tertiary/aromatic N) is 1. The molecule has 1 amide bonds. The Morgan fingerprint density at radius 1 is 1.30 bits per heavy atom. The monoisotopic (exact) mass is 313 g/mol. The van der Waals surface area contributed by atoms with Crippen LogP contribution >= 0.6 is 0 Å². The van der Waals surface area contributed by atoms with Crippen molar-refractivity contribution in [2.45, 2.75) is 52.6 Å². The van der Waals surface area contributed by atoms with Crippen LogP contribution in [0.4, 0.5) is 0 Å². The first-order valence-electron chi connectivity index (χ1n) is 8.69. The highest BCUT2D eigenvalue weighted by Gasteiger charge is 2.26. The second-order valence-corrected chi connectivity index (χ2v) is 6.64. The van der Waals surface area contributed by atoms with Crippen molar-refractivity contribution in [3.05, 3.63) is 35.0 Å². The number of aromatic amines is 1. The van der Waals surface area contributed by atoms with Gasteiger partial charge in [0.05, 0.1) is 6.04 Å². The highest BCUT2D eigenvalue weighted by molar-refractivity contribution is 5.85. The number of amides is 1. The summed E-state index contributed by atoms with van der Waals surface area (Å²) in [4.78, 5) is 18.2. The van der Waals surface area contributed by atoms with Gasteiger partial charge in [-0.1, -0.05) is 13.0 Å². The zero-order valence-electron chi connectivity index (χ0n) is 14.4. The van der Waals surface area contributed by atoms with Crippen molar-refractivity contribution in [2.24, 2.45) is 0 Å². The fourth-order valence-electron chi connectivity index (χ4n) is 3.59. The van der Waals surface area contributed by atoms with Crippen LogP contribution in [0.2, 0.25) is 0 Å². The van der Waals surface area contributed by atoms with E-state index < -0.39 is 0 Å². The molecule has 1 aromatic heterocycles. The van der Waals surface area contributed by atoms with E-state index in [1.54, 1.807) is 0 Å². The molecule has 0 radical (unpaired) electrons. The summed E-state index contributed by atoms with van der Waals surface area (Å²) >= 11 is 0. The lowest BCUT2D eigenvalue weighted by molar-refractivity contribution is -0.126. The molecular weight excluding hydrogens is 286 g/mol. The van der Waals surface area contributed by atoms with Gasteiger partial charge < -0.3 is 10.3 Å². The zero-order chi connectivity index (χ0) is 16.4. The fraction of sp³-hybridized carbons (Fsp3) is 0.526. The average molecular weight is 313 g/mol. The van der Waals surface area contributed by atoms with Crippen molar-refractivity contribution in [2.75, 3.05) is 13.1 Å². The topological polar surface area (TPSA) is 48.1 Å². The lowest BCUT2D eigenvalue weighted by Crippen LogP contribution is -2.45. The number of aryl methyl sites for hydroxylation is 2. The molecule has 0 spiro atoms. The Labute approximate surface area is 138 Å². The van der Waals surface area contributed by atoms with Crippen LogP contribution < -0.4 is 5.32 Å². The van der Waals surface area contributed by atoms with Gasteiger partial charge in [-0.15, -0.1) is 0 Å². The number of benzene rings is 1. The highest BCUT2D eigenvalue weighted by Crippen LogP contribution is 2.22. The summed E-state index contributed by atoms with van der Waals surface area (Å²) in [6, 6.07) is 6.41. The first-order valence-corrected chi connectivity index (χ1v) is 8.69. The van der Waals surface area contributed by atoms with Crippen LogP contribution in [-0.2, 0) is 11.3 Å². The third-order valence-electron chi connectivity index (χ3n) is 5.11. The molecule has 1 atom stereocenters. The summed E-state index contributed by atoms with van der Waals surface area (Å²) in [5, 5.41) is 4.38. The van der Waals surface area contributed by atoms with Gasteiger partial charge in [0.25, 0.3) is 0 Å². The van der Waals surface area contributed by atoms with Gasteiger partial charge in [0.2, 0.25) is 5.91 Å². The predicted octanol–water partition coefficient (Wildman–Crippen LogP) is 3.28. The lowest BCUT2D eigenvalue weighted by Gasteiger charge is -2.25. The first-order chi connectivity index (χ1) is 11.1. The van der Waals surface area contributed by atoms with Crippen LogP contribution in [0.15, 0.2) is 18.2 Å². The lowest BCUT2D eigenvalue weighted by atomic mass is 10.1. The Morgan fingerprint density at radius 2 is 2.04 bits per heavy atom. The standard InChI is InChI=1S/C19H27N3O/c1-4-18(22-9-5-6-10-22)19(23)20-12-15-7-8-17-16(11-15)13(2)14(3)21-17/h7-8,11,18,21H,4-6,9-10,12H2,1-3H3,(H,20,23)/t18-/m1/s1. The van der Waals surface area contributed by atoms with Gasteiger partial charge >= 0.3 is 0 Å². The minimum Gasteiger partial charge on any atom is -0.358 e. The molecule has 2 N–H and O–H groups in total. The molecule has 1 aromatic carbocycles. The van der Waals surface area contributed by atoms with Crippen LogP contribution in [0, 0.1) is 13.8 Å². The van der Waals surface area contributed by atoms with Crippen LogP contribution in [0.3, 0.4) is 0 Å². The van der Waals surface area contributed by atoms with Crippen molar-refractivity contribution in [1.82, 2.24) is 15.2 Å². The summed E-state index contributed by atoms with van der Waals surface area (Å²) in [7, 11) is 0. The van der Waals surface area contributed by atoms with E-state index in [2.05, 4.69) is 54.2 Å². The number of hydrogen-bond donors (Lipinski definition) is 2. The molecule has 23 heavy (non-hydrogen) atoms. The molecule has 4 nitrogen and oxygen atoms in total. The Kier molecular flexibility index (Phi) is 4.71. The Balaban J connectivity index is 1.67. The molecule has 3 rings (SSSR count). The molecule has 124 valence electrons. The van der Waals surface area contributed by atoms with Gasteiger partial charge in [0.1, 0.15) is 0 Å². The van der Waals surface area contributed by atoms with Gasteiger partial charge in [-0.2, -0.15) is 0 Å². The summed E-state index contributed by atoms with van der Waals surface area (Å²) in [6.45, 7) is 9.04. The van der Waals surface area contributed by atoms with Crippen LogP contribution in [0.25, 0.3) is 10.9 Å². The number of aromatic nitrogens is 1. The minimum absolute atomic E-state index is 0.0254. The molecule has 1 aliphatic heterocycles. The largest absolute Gasteiger partial charge is 0.358 e. The maximum Gasteiger partial charge on any atom is 0.237 e. The summed E-state index contributed by atoms with van der Waals surface area (Å²) in [5.41, 5.74) is 4.82. The molecule has 1 fully saturated rings.